The smallest absolute Gasteiger partial charge is 0.328 e. The number of aromatic amines is 1. The lowest BCUT2D eigenvalue weighted by atomic mass is 10.3. The molecule has 0 radical (unpaired) electrons. The quantitative estimate of drug-likeness (QED) is 0.784. The molecule has 0 spiro atoms. The number of H-pyrrole nitrogens is 1. The summed E-state index contributed by atoms with van der Waals surface area (Å²) in [5, 5.41) is 3.72. The van der Waals surface area contributed by atoms with Gasteiger partial charge < -0.3 is 4.52 Å². The van der Waals surface area contributed by atoms with Gasteiger partial charge in [0.05, 0.1) is 12.2 Å². The Hall–Kier alpha value is -2.11. The Morgan fingerprint density at radius 2 is 2.19 bits per heavy atom. The van der Waals surface area contributed by atoms with Gasteiger partial charge in [-0.25, -0.2) is 4.79 Å². The van der Waals surface area contributed by atoms with Crippen LogP contribution in [-0.2, 0) is 6.54 Å². The molecule has 2 aromatic heterocycles. The number of hydrogen-bond donors (Lipinski definition) is 1. The highest BCUT2D eigenvalue weighted by Crippen LogP contribution is 2.03. The molecule has 0 bridgehead atoms. The van der Waals surface area contributed by atoms with Gasteiger partial charge in [-0.05, 0) is 13.8 Å². The Bertz CT molecular complexity index is 621. The first-order chi connectivity index (χ1) is 7.56. The number of hydrogen-bond acceptors (Lipinski definition) is 4. The van der Waals surface area contributed by atoms with Crippen LogP contribution < -0.4 is 11.2 Å². The second-order valence-corrected chi connectivity index (χ2v) is 3.63. The lowest BCUT2D eigenvalue weighted by Crippen LogP contribution is -2.30. The molecule has 0 aliphatic carbocycles. The van der Waals surface area contributed by atoms with Crippen LogP contribution in [0.4, 0.5) is 0 Å². The van der Waals surface area contributed by atoms with Gasteiger partial charge in [0.25, 0.3) is 5.56 Å². The molecule has 84 valence electrons. The van der Waals surface area contributed by atoms with Gasteiger partial charge in [-0.1, -0.05) is 5.16 Å². The SMILES string of the molecule is Cc1cc(Cn2cc(C)c(=O)[nH]c2=O)on1. The van der Waals surface area contributed by atoms with Gasteiger partial charge >= 0.3 is 5.69 Å². The van der Waals surface area contributed by atoms with Crippen LogP contribution in [0.15, 0.2) is 26.4 Å². The number of aromatic nitrogens is 3. The van der Waals surface area contributed by atoms with E-state index in [0.29, 0.717) is 11.3 Å². The predicted octanol–water partition coefficient (Wildman–Crippen LogP) is 0.190. The minimum Gasteiger partial charge on any atom is -0.359 e. The highest BCUT2D eigenvalue weighted by Gasteiger charge is 2.05. The molecule has 6 heteroatoms. The summed E-state index contributed by atoms with van der Waals surface area (Å²) in [6, 6.07) is 1.74. The van der Waals surface area contributed by atoms with Crippen molar-refractivity contribution in [3.8, 4) is 0 Å². The van der Waals surface area contributed by atoms with Crippen molar-refractivity contribution in [1.29, 1.82) is 0 Å². The van der Waals surface area contributed by atoms with Gasteiger partial charge in [-0.15, -0.1) is 0 Å². The van der Waals surface area contributed by atoms with Crippen molar-refractivity contribution in [3.05, 3.63) is 50.1 Å². The van der Waals surface area contributed by atoms with Crippen LogP contribution in [-0.4, -0.2) is 14.7 Å². The molecule has 0 amide bonds. The van der Waals surface area contributed by atoms with E-state index in [-0.39, 0.29) is 12.1 Å². The van der Waals surface area contributed by atoms with Gasteiger partial charge in [-0.2, -0.15) is 0 Å². The molecule has 6 nitrogen and oxygen atoms in total. The van der Waals surface area contributed by atoms with E-state index in [2.05, 4.69) is 10.1 Å². The maximum Gasteiger partial charge on any atom is 0.328 e. The van der Waals surface area contributed by atoms with Crippen molar-refractivity contribution < 1.29 is 4.52 Å². The second kappa shape index (κ2) is 3.80. The van der Waals surface area contributed by atoms with E-state index in [1.54, 1.807) is 19.9 Å². The van der Waals surface area contributed by atoms with Gasteiger partial charge in [0, 0.05) is 17.8 Å². The second-order valence-electron chi connectivity index (χ2n) is 3.63. The molecule has 0 aromatic carbocycles. The van der Waals surface area contributed by atoms with E-state index >= 15 is 0 Å². The highest BCUT2D eigenvalue weighted by atomic mass is 16.5. The van der Waals surface area contributed by atoms with Crippen molar-refractivity contribution in [2.45, 2.75) is 20.4 Å². The van der Waals surface area contributed by atoms with Crippen molar-refractivity contribution in [3.63, 3.8) is 0 Å². The van der Waals surface area contributed by atoms with E-state index in [4.69, 9.17) is 4.52 Å². The monoisotopic (exact) mass is 221 g/mol. The Morgan fingerprint density at radius 1 is 1.44 bits per heavy atom. The fraction of sp³-hybridized carbons (Fsp3) is 0.300. The summed E-state index contributed by atoms with van der Waals surface area (Å²) in [6.07, 6.45) is 1.50. The van der Waals surface area contributed by atoms with Gasteiger partial charge in [0.15, 0.2) is 5.76 Å². The number of nitrogens with zero attached hydrogens (tertiary/aromatic N) is 2. The van der Waals surface area contributed by atoms with Crippen LogP contribution in [0.2, 0.25) is 0 Å². The maximum absolute atomic E-state index is 11.4. The molecular weight excluding hydrogens is 210 g/mol. The molecule has 1 N–H and O–H groups in total. The van der Waals surface area contributed by atoms with Crippen molar-refractivity contribution in [2.24, 2.45) is 0 Å². The third-order valence-electron chi connectivity index (χ3n) is 2.19. The molecule has 0 saturated heterocycles. The summed E-state index contributed by atoms with van der Waals surface area (Å²) < 4.78 is 6.36. The van der Waals surface area contributed by atoms with E-state index in [1.165, 1.54) is 10.8 Å². The van der Waals surface area contributed by atoms with Crippen LogP contribution >= 0.6 is 0 Å². The summed E-state index contributed by atoms with van der Waals surface area (Å²) >= 11 is 0. The summed E-state index contributed by atoms with van der Waals surface area (Å²) in [6.45, 7) is 3.70. The molecule has 0 atom stereocenters. The zero-order chi connectivity index (χ0) is 11.7. The van der Waals surface area contributed by atoms with Crippen molar-refractivity contribution in [1.82, 2.24) is 14.7 Å². The number of aryl methyl sites for hydroxylation is 2. The van der Waals surface area contributed by atoms with Crippen LogP contribution in [0.5, 0.6) is 0 Å². The first-order valence-corrected chi connectivity index (χ1v) is 4.79. The Morgan fingerprint density at radius 3 is 2.81 bits per heavy atom. The fourth-order valence-corrected chi connectivity index (χ4v) is 1.39. The first-order valence-electron chi connectivity index (χ1n) is 4.79. The third kappa shape index (κ3) is 1.95. The van der Waals surface area contributed by atoms with Gasteiger partial charge in [-0.3, -0.25) is 14.3 Å². The molecule has 2 heterocycles. The maximum atomic E-state index is 11.4. The highest BCUT2D eigenvalue weighted by molar-refractivity contribution is 5.06. The number of nitrogens with one attached hydrogen (secondary N) is 1. The Balaban J connectivity index is 2.39. The number of rotatable bonds is 2. The minimum absolute atomic E-state index is 0.261. The topological polar surface area (TPSA) is 80.9 Å². The normalized spacial score (nSPS) is 10.6. The van der Waals surface area contributed by atoms with Crippen molar-refractivity contribution in [2.75, 3.05) is 0 Å². The molecule has 0 fully saturated rings. The van der Waals surface area contributed by atoms with E-state index in [0.717, 1.165) is 5.69 Å². The molecule has 0 aliphatic rings. The summed E-state index contributed by atoms with van der Waals surface area (Å²) in [4.78, 5) is 24.8. The zero-order valence-electron chi connectivity index (χ0n) is 8.98. The predicted molar refractivity (Wildman–Crippen MR) is 56.4 cm³/mol. The molecular formula is C10H11N3O3. The van der Waals surface area contributed by atoms with Crippen LogP contribution in [0.25, 0.3) is 0 Å². The summed E-state index contributed by atoms with van der Waals surface area (Å²) in [5.74, 6) is 0.575. The third-order valence-corrected chi connectivity index (χ3v) is 2.19. The lowest BCUT2D eigenvalue weighted by molar-refractivity contribution is 0.370. The van der Waals surface area contributed by atoms with Gasteiger partial charge in [0.2, 0.25) is 0 Å². The van der Waals surface area contributed by atoms with E-state index < -0.39 is 5.69 Å². The summed E-state index contributed by atoms with van der Waals surface area (Å²) in [7, 11) is 0. The largest absolute Gasteiger partial charge is 0.359 e. The van der Waals surface area contributed by atoms with Crippen LogP contribution in [0, 0.1) is 13.8 Å². The van der Waals surface area contributed by atoms with Crippen LogP contribution in [0.1, 0.15) is 17.0 Å². The lowest BCUT2D eigenvalue weighted by Gasteiger charge is -2.02. The molecule has 0 aliphatic heterocycles. The standard InChI is InChI=1S/C10H11N3O3/c1-6-4-13(10(15)11-9(6)14)5-8-3-7(2)12-16-8/h3-4H,5H2,1-2H3,(H,11,14,15). The minimum atomic E-state index is -0.454. The van der Waals surface area contributed by atoms with Gasteiger partial charge in [0.1, 0.15) is 0 Å². The molecule has 0 saturated carbocycles. The zero-order valence-corrected chi connectivity index (χ0v) is 8.98. The van der Waals surface area contributed by atoms with Crippen molar-refractivity contribution >= 4 is 0 Å². The Kier molecular flexibility index (Phi) is 2.47. The van der Waals surface area contributed by atoms with Crippen LogP contribution in [0.3, 0.4) is 0 Å². The van der Waals surface area contributed by atoms with E-state index in [9.17, 15) is 9.59 Å². The molecule has 0 unspecified atom stereocenters. The Labute approximate surface area is 90.5 Å². The first kappa shape index (κ1) is 10.4. The van der Waals surface area contributed by atoms with E-state index in [1.807, 2.05) is 0 Å². The summed E-state index contributed by atoms with van der Waals surface area (Å²) in [5.41, 5.74) is 0.416. The average molecular weight is 221 g/mol. The molecule has 16 heavy (non-hydrogen) atoms. The average Bonchev–Trinajstić information content (AvgIpc) is 2.60. The molecule has 2 aromatic rings. The fourth-order valence-electron chi connectivity index (χ4n) is 1.39. The molecule has 2 rings (SSSR count).